The Balaban J connectivity index is 1.58. The normalized spacial score (nSPS) is 20.1. The number of aldehydes is 1. The molecule has 4 rings (SSSR count). The van der Waals surface area contributed by atoms with Crippen molar-refractivity contribution in [3.63, 3.8) is 0 Å². The van der Waals surface area contributed by atoms with Crippen molar-refractivity contribution >= 4 is 46.7 Å². The van der Waals surface area contributed by atoms with Gasteiger partial charge in [-0.3, -0.25) is 24.0 Å². The Kier molecular flexibility index (Phi) is 7.18. The van der Waals surface area contributed by atoms with Gasteiger partial charge in [0.2, 0.25) is 11.8 Å². The molecule has 0 radical (unpaired) electrons. The van der Waals surface area contributed by atoms with E-state index in [1.54, 1.807) is 30.3 Å². The number of carbonyl (C=O) groups is 6. The number of benzene rings is 2. The summed E-state index contributed by atoms with van der Waals surface area (Å²) < 4.78 is 0. The lowest BCUT2D eigenvalue weighted by Gasteiger charge is -2.39. The molecule has 0 aromatic heterocycles. The number of aliphatic carboxylic acids is 1. The molecule has 192 valence electrons. The molecule has 2 aromatic carbocycles. The van der Waals surface area contributed by atoms with Crippen LogP contribution in [0.25, 0.3) is 10.8 Å². The second-order valence-electron chi connectivity index (χ2n) is 8.65. The van der Waals surface area contributed by atoms with Crippen LogP contribution in [0.2, 0.25) is 0 Å². The molecule has 12 nitrogen and oxygen atoms in total. The number of fused-ring (bicyclic) bond motifs is 2. The summed E-state index contributed by atoms with van der Waals surface area (Å²) in [4.78, 5) is 74.4. The Bertz CT molecular complexity index is 1320. The number of hydrazine groups is 1. The molecule has 2 heterocycles. The highest BCUT2D eigenvalue weighted by atomic mass is 16.4. The zero-order chi connectivity index (χ0) is 26.7. The van der Waals surface area contributed by atoms with Gasteiger partial charge in [0.1, 0.15) is 24.1 Å². The quantitative estimate of drug-likeness (QED) is 0.390. The van der Waals surface area contributed by atoms with Gasteiger partial charge in [-0.2, -0.15) is 0 Å². The average molecular weight is 508 g/mol. The third-order valence-electron chi connectivity index (χ3n) is 6.20. The van der Waals surface area contributed by atoms with E-state index in [1.165, 1.54) is 18.3 Å². The van der Waals surface area contributed by atoms with Crippen molar-refractivity contribution in [2.45, 2.75) is 43.8 Å². The first-order valence-corrected chi connectivity index (χ1v) is 11.5. The topological polar surface area (TPSA) is 173 Å². The maximum atomic E-state index is 13.5. The molecule has 0 spiro atoms. The fraction of sp³-hybridized carbons (Fsp3) is 0.280. The lowest BCUT2D eigenvalue weighted by atomic mass is 10.0. The summed E-state index contributed by atoms with van der Waals surface area (Å²) >= 11 is 0. The van der Waals surface area contributed by atoms with E-state index >= 15 is 0 Å². The molecule has 0 unspecified atom stereocenters. The average Bonchev–Trinajstić information content (AvgIpc) is 3.00. The summed E-state index contributed by atoms with van der Waals surface area (Å²) in [6, 6.07) is 6.20. The minimum absolute atomic E-state index is 0.00781. The number of nitrogens with one attached hydrogen (secondary N) is 2. The van der Waals surface area contributed by atoms with Crippen LogP contribution in [0.1, 0.15) is 36.0 Å². The smallest absolute Gasteiger partial charge is 0.305 e. The fourth-order valence-corrected chi connectivity index (χ4v) is 4.37. The lowest BCUT2D eigenvalue weighted by molar-refractivity contribution is -0.166. The van der Waals surface area contributed by atoms with Gasteiger partial charge in [0.05, 0.1) is 18.0 Å². The van der Waals surface area contributed by atoms with Crippen molar-refractivity contribution in [2.75, 3.05) is 0 Å². The van der Waals surface area contributed by atoms with Gasteiger partial charge in [-0.1, -0.05) is 36.4 Å². The summed E-state index contributed by atoms with van der Waals surface area (Å²) in [5.74, 6) is -4.37. The second-order valence-corrected chi connectivity index (χ2v) is 8.65. The molecule has 1 fully saturated rings. The summed E-state index contributed by atoms with van der Waals surface area (Å²) in [7, 11) is 0. The molecule has 37 heavy (non-hydrogen) atoms. The first-order valence-electron chi connectivity index (χ1n) is 11.5. The number of rotatable bonds is 7. The minimum atomic E-state index is -1.33. The van der Waals surface area contributed by atoms with Crippen LogP contribution in [0.5, 0.6) is 5.75 Å². The molecule has 3 atom stereocenters. The summed E-state index contributed by atoms with van der Waals surface area (Å²) in [5.41, 5.74) is -0.0609. The van der Waals surface area contributed by atoms with E-state index in [-0.39, 0.29) is 36.9 Å². The van der Waals surface area contributed by atoms with Gasteiger partial charge < -0.3 is 25.6 Å². The van der Waals surface area contributed by atoms with Gasteiger partial charge in [0.15, 0.2) is 0 Å². The number of carbonyl (C=O) groups excluding carboxylic acids is 5. The van der Waals surface area contributed by atoms with Crippen LogP contribution in [0.4, 0.5) is 0 Å². The van der Waals surface area contributed by atoms with E-state index in [2.05, 4.69) is 10.6 Å². The van der Waals surface area contributed by atoms with Crippen LogP contribution in [0, 0.1) is 0 Å². The minimum Gasteiger partial charge on any atom is -0.506 e. The lowest BCUT2D eigenvalue weighted by Crippen LogP contribution is -2.62. The molecule has 4 amide bonds. The maximum absolute atomic E-state index is 13.5. The number of carboxylic acid groups (broad SMARTS) is 1. The van der Waals surface area contributed by atoms with Crippen LogP contribution in [-0.4, -0.2) is 74.2 Å². The van der Waals surface area contributed by atoms with Crippen molar-refractivity contribution in [3.05, 3.63) is 54.2 Å². The number of amides is 4. The van der Waals surface area contributed by atoms with Gasteiger partial charge in [-0.05, 0) is 24.3 Å². The number of hydrogen-bond acceptors (Lipinski definition) is 7. The highest BCUT2D eigenvalue weighted by Gasteiger charge is 2.43. The molecule has 2 aliphatic heterocycles. The zero-order valence-electron chi connectivity index (χ0n) is 19.5. The van der Waals surface area contributed by atoms with Crippen LogP contribution in [-0.2, 0) is 24.0 Å². The van der Waals surface area contributed by atoms with Crippen LogP contribution in [0.15, 0.2) is 48.7 Å². The Morgan fingerprint density at radius 2 is 1.89 bits per heavy atom. The van der Waals surface area contributed by atoms with E-state index in [0.717, 1.165) is 10.0 Å². The number of hydrogen-bond donors (Lipinski definition) is 4. The standard InChI is InChI=1S/C25H24N4O8/c30-13-15(12-21(32)33)26-24(36)19-6-3-11-28-20(31)10-9-18(25(37)29(19)28)27-23(35)17-8-7-14-4-1-2-5-16(14)22(17)34/h1-5,7-8,11,13,15,18-19,34H,6,9-10,12H2,(H,26,36)(H,27,35)(H,32,33)/t15-,18-,19-/m0/s1. The Morgan fingerprint density at radius 1 is 1.14 bits per heavy atom. The second kappa shape index (κ2) is 10.5. The third-order valence-corrected chi connectivity index (χ3v) is 6.20. The van der Waals surface area contributed by atoms with Crippen LogP contribution >= 0.6 is 0 Å². The van der Waals surface area contributed by atoms with E-state index in [9.17, 15) is 33.9 Å². The molecule has 2 aromatic rings. The monoisotopic (exact) mass is 508 g/mol. The highest BCUT2D eigenvalue weighted by molar-refractivity contribution is 6.05. The van der Waals surface area contributed by atoms with Crippen molar-refractivity contribution in [3.8, 4) is 5.75 Å². The van der Waals surface area contributed by atoms with Crippen LogP contribution < -0.4 is 10.6 Å². The predicted molar refractivity (Wildman–Crippen MR) is 128 cm³/mol. The molecule has 0 saturated carbocycles. The largest absolute Gasteiger partial charge is 0.506 e. The Morgan fingerprint density at radius 3 is 2.62 bits per heavy atom. The predicted octanol–water partition coefficient (Wildman–Crippen LogP) is 0.454. The van der Waals surface area contributed by atoms with Gasteiger partial charge in [0.25, 0.3) is 11.8 Å². The fourth-order valence-electron chi connectivity index (χ4n) is 4.37. The molecule has 1 saturated heterocycles. The first-order chi connectivity index (χ1) is 17.7. The Hall–Kier alpha value is -4.74. The van der Waals surface area contributed by atoms with Gasteiger partial charge in [-0.15, -0.1) is 0 Å². The summed E-state index contributed by atoms with van der Waals surface area (Å²) in [6.45, 7) is 0. The molecular formula is C25H24N4O8. The number of phenolic OH excluding ortho intramolecular Hbond substituents is 1. The van der Waals surface area contributed by atoms with Crippen molar-refractivity contribution in [1.29, 1.82) is 0 Å². The molecule has 0 bridgehead atoms. The zero-order valence-corrected chi connectivity index (χ0v) is 19.5. The van der Waals surface area contributed by atoms with Crippen molar-refractivity contribution in [1.82, 2.24) is 20.7 Å². The number of aromatic hydroxyl groups is 1. The first kappa shape index (κ1) is 25.4. The van der Waals surface area contributed by atoms with Gasteiger partial charge in [-0.25, -0.2) is 10.0 Å². The van der Waals surface area contributed by atoms with E-state index in [0.29, 0.717) is 10.8 Å². The van der Waals surface area contributed by atoms with E-state index in [1.807, 2.05) is 0 Å². The highest BCUT2D eigenvalue weighted by Crippen LogP contribution is 2.29. The molecule has 2 aliphatic rings. The summed E-state index contributed by atoms with van der Waals surface area (Å²) in [6.07, 6.45) is 2.29. The molecule has 0 aliphatic carbocycles. The number of nitrogens with zero attached hydrogens (tertiary/aromatic N) is 2. The number of carboxylic acids is 1. The van der Waals surface area contributed by atoms with Gasteiger partial charge >= 0.3 is 5.97 Å². The maximum Gasteiger partial charge on any atom is 0.305 e. The molecule has 12 heteroatoms. The van der Waals surface area contributed by atoms with E-state index < -0.39 is 54.1 Å². The number of phenols is 1. The molecule has 4 N–H and O–H groups in total. The van der Waals surface area contributed by atoms with E-state index in [4.69, 9.17) is 5.11 Å². The van der Waals surface area contributed by atoms with Gasteiger partial charge in [0, 0.05) is 18.0 Å². The Labute approximate surface area is 210 Å². The molecular weight excluding hydrogens is 484 g/mol. The van der Waals surface area contributed by atoms with Crippen LogP contribution in [0.3, 0.4) is 0 Å². The van der Waals surface area contributed by atoms with Crippen molar-refractivity contribution < 1.29 is 39.0 Å². The SMILES string of the molecule is O=C[C@H](CC(=O)O)NC(=O)[C@@H]1CC=CN2C(=O)CC[C@H](NC(=O)c3ccc4ccccc4c3O)C(=O)N12. The van der Waals surface area contributed by atoms with Crippen molar-refractivity contribution in [2.24, 2.45) is 0 Å². The third kappa shape index (κ3) is 5.13. The summed E-state index contributed by atoms with van der Waals surface area (Å²) in [5, 5.41) is 27.5.